The van der Waals surface area contributed by atoms with Crippen molar-refractivity contribution in [2.24, 2.45) is 0 Å². The van der Waals surface area contributed by atoms with Crippen molar-refractivity contribution in [1.82, 2.24) is 4.98 Å². The Bertz CT molecular complexity index is 522. The zero-order valence-corrected chi connectivity index (χ0v) is 10.0. The van der Waals surface area contributed by atoms with Crippen molar-refractivity contribution in [3.8, 4) is 17.0 Å². The molecule has 0 bridgehead atoms. The van der Waals surface area contributed by atoms with Gasteiger partial charge in [0.2, 0.25) is 0 Å². The number of hydrogen-bond donors (Lipinski definition) is 0. The third-order valence-corrected chi connectivity index (χ3v) is 2.75. The molecule has 0 N–H and O–H groups in total. The number of benzene rings is 1. The van der Waals surface area contributed by atoms with Crippen molar-refractivity contribution in [1.29, 1.82) is 0 Å². The topological polar surface area (TPSA) is 52.3 Å². The third-order valence-electron chi connectivity index (χ3n) is 2.13. The lowest BCUT2D eigenvalue weighted by molar-refractivity contribution is 0.110. The molecule has 2 aromatic rings. The van der Waals surface area contributed by atoms with Gasteiger partial charge in [0.25, 0.3) is 0 Å². The van der Waals surface area contributed by atoms with Gasteiger partial charge in [-0.2, -0.15) is 0 Å². The Morgan fingerprint density at radius 3 is 2.94 bits per heavy atom. The lowest BCUT2D eigenvalue weighted by atomic mass is 10.1. The van der Waals surface area contributed by atoms with Crippen LogP contribution in [-0.2, 0) is 0 Å². The van der Waals surface area contributed by atoms with Gasteiger partial charge in [-0.05, 0) is 34.1 Å². The van der Waals surface area contributed by atoms with E-state index in [0.717, 1.165) is 15.8 Å². The number of carbonyl (C=O) groups excluding carboxylic acids is 1. The molecule has 0 saturated heterocycles. The molecule has 0 aliphatic rings. The maximum atomic E-state index is 10.7. The summed E-state index contributed by atoms with van der Waals surface area (Å²) >= 11 is 3.37. The van der Waals surface area contributed by atoms with Crippen LogP contribution in [0.3, 0.4) is 0 Å². The van der Waals surface area contributed by atoms with E-state index in [0.29, 0.717) is 12.0 Å². The fraction of sp³-hybridized carbons (Fsp3) is 0.0909. The fourth-order valence-corrected chi connectivity index (χ4v) is 1.91. The number of oxazole rings is 1. The maximum absolute atomic E-state index is 10.7. The van der Waals surface area contributed by atoms with E-state index in [-0.39, 0.29) is 5.76 Å². The van der Waals surface area contributed by atoms with Gasteiger partial charge in [-0.1, -0.05) is 0 Å². The molecular weight excluding hydrogens is 274 g/mol. The summed E-state index contributed by atoms with van der Waals surface area (Å²) in [7, 11) is 1.59. The number of ether oxygens (including phenoxy) is 1. The van der Waals surface area contributed by atoms with E-state index in [1.807, 2.05) is 12.1 Å². The monoisotopic (exact) mass is 281 g/mol. The number of nitrogens with zero attached hydrogens (tertiary/aromatic N) is 1. The van der Waals surface area contributed by atoms with Crippen LogP contribution in [0.25, 0.3) is 11.3 Å². The van der Waals surface area contributed by atoms with Crippen molar-refractivity contribution in [2.45, 2.75) is 0 Å². The second-order valence-corrected chi connectivity index (χ2v) is 3.89. The number of rotatable bonds is 3. The molecular formula is C11H8BrNO3. The van der Waals surface area contributed by atoms with E-state index in [9.17, 15) is 4.79 Å². The summed E-state index contributed by atoms with van der Waals surface area (Å²) in [5.74, 6) is 0.942. The average Bonchev–Trinajstić information content (AvgIpc) is 2.77. The molecule has 82 valence electrons. The lowest BCUT2D eigenvalue weighted by Crippen LogP contribution is -1.87. The second kappa shape index (κ2) is 4.49. The molecule has 0 fully saturated rings. The highest BCUT2D eigenvalue weighted by atomic mass is 79.9. The molecule has 1 aromatic heterocycles. The Balaban J connectivity index is 2.49. The Labute approximate surface area is 100 Å². The van der Waals surface area contributed by atoms with E-state index < -0.39 is 0 Å². The first kappa shape index (κ1) is 10.9. The third kappa shape index (κ3) is 1.86. The van der Waals surface area contributed by atoms with E-state index in [1.54, 1.807) is 13.2 Å². The lowest BCUT2D eigenvalue weighted by Gasteiger charge is -2.04. The smallest absolute Gasteiger partial charge is 0.194 e. The van der Waals surface area contributed by atoms with E-state index in [4.69, 9.17) is 9.15 Å². The summed E-state index contributed by atoms with van der Waals surface area (Å²) in [6.07, 6.45) is 1.89. The molecule has 1 heterocycles. The van der Waals surface area contributed by atoms with Crippen LogP contribution in [0.15, 0.2) is 33.5 Å². The van der Waals surface area contributed by atoms with Gasteiger partial charge in [-0.3, -0.25) is 4.79 Å². The molecule has 0 atom stereocenters. The Morgan fingerprint density at radius 2 is 2.31 bits per heavy atom. The van der Waals surface area contributed by atoms with Crippen LogP contribution in [0.5, 0.6) is 5.75 Å². The van der Waals surface area contributed by atoms with Crippen LogP contribution in [0.4, 0.5) is 0 Å². The van der Waals surface area contributed by atoms with E-state index in [1.165, 1.54) is 6.39 Å². The van der Waals surface area contributed by atoms with Gasteiger partial charge in [-0.15, -0.1) is 0 Å². The minimum Gasteiger partial charge on any atom is -0.496 e. The van der Waals surface area contributed by atoms with Crippen molar-refractivity contribution >= 4 is 22.2 Å². The highest BCUT2D eigenvalue weighted by Gasteiger charge is 2.11. The molecule has 0 aliphatic heterocycles. The van der Waals surface area contributed by atoms with Crippen LogP contribution in [0.1, 0.15) is 10.6 Å². The summed E-state index contributed by atoms with van der Waals surface area (Å²) in [5, 5.41) is 0. The summed E-state index contributed by atoms with van der Waals surface area (Å²) in [6, 6.07) is 5.43. The zero-order valence-electron chi connectivity index (χ0n) is 8.44. The van der Waals surface area contributed by atoms with Gasteiger partial charge < -0.3 is 9.15 Å². The number of hydrogen-bond acceptors (Lipinski definition) is 4. The molecule has 0 amide bonds. The average molecular weight is 282 g/mol. The minimum atomic E-state index is 0.220. The van der Waals surface area contributed by atoms with Crippen molar-refractivity contribution < 1.29 is 13.9 Å². The standard InChI is InChI=1S/C11H8BrNO3/c1-15-9-3-2-7(4-8(9)12)11-10(5-14)16-6-13-11/h2-6H,1H3. The van der Waals surface area contributed by atoms with E-state index in [2.05, 4.69) is 20.9 Å². The van der Waals surface area contributed by atoms with Gasteiger partial charge in [-0.25, -0.2) is 4.98 Å². The fourth-order valence-electron chi connectivity index (χ4n) is 1.37. The van der Waals surface area contributed by atoms with Gasteiger partial charge in [0, 0.05) is 5.56 Å². The summed E-state index contributed by atoms with van der Waals surface area (Å²) in [5.41, 5.74) is 1.32. The molecule has 0 radical (unpaired) electrons. The van der Waals surface area contributed by atoms with E-state index >= 15 is 0 Å². The molecule has 0 unspecified atom stereocenters. The largest absolute Gasteiger partial charge is 0.496 e. The highest BCUT2D eigenvalue weighted by Crippen LogP contribution is 2.30. The molecule has 5 heteroatoms. The van der Waals surface area contributed by atoms with Crippen LogP contribution in [-0.4, -0.2) is 18.4 Å². The second-order valence-electron chi connectivity index (χ2n) is 3.03. The van der Waals surface area contributed by atoms with Crippen LogP contribution in [0, 0.1) is 0 Å². The normalized spacial score (nSPS) is 10.1. The SMILES string of the molecule is COc1ccc(-c2ncoc2C=O)cc1Br. The highest BCUT2D eigenvalue weighted by molar-refractivity contribution is 9.10. The van der Waals surface area contributed by atoms with Crippen molar-refractivity contribution in [3.63, 3.8) is 0 Å². The molecule has 0 saturated carbocycles. The summed E-state index contributed by atoms with van der Waals surface area (Å²) in [4.78, 5) is 14.7. The summed E-state index contributed by atoms with van der Waals surface area (Å²) < 4.78 is 10.9. The van der Waals surface area contributed by atoms with Crippen LogP contribution < -0.4 is 4.74 Å². The molecule has 1 aromatic carbocycles. The predicted molar refractivity (Wildman–Crippen MR) is 61.6 cm³/mol. The predicted octanol–water partition coefficient (Wildman–Crippen LogP) is 2.93. The Kier molecular flexibility index (Phi) is 3.05. The number of aldehydes is 1. The van der Waals surface area contributed by atoms with Crippen molar-refractivity contribution in [2.75, 3.05) is 7.11 Å². The minimum absolute atomic E-state index is 0.220. The number of methoxy groups -OCH3 is 1. The first-order valence-corrected chi connectivity index (χ1v) is 5.28. The Hall–Kier alpha value is -1.62. The first-order chi connectivity index (χ1) is 7.76. The summed E-state index contributed by atoms with van der Waals surface area (Å²) in [6.45, 7) is 0. The number of halogens is 1. The van der Waals surface area contributed by atoms with Crippen LogP contribution in [0.2, 0.25) is 0 Å². The maximum Gasteiger partial charge on any atom is 0.194 e. The molecule has 0 aliphatic carbocycles. The first-order valence-electron chi connectivity index (χ1n) is 4.49. The quantitative estimate of drug-likeness (QED) is 0.812. The van der Waals surface area contributed by atoms with Crippen LogP contribution >= 0.6 is 15.9 Å². The van der Waals surface area contributed by atoms with Gasteiger partial charge >= 0.3 is 0 Å². The molecule has 2 rings (SSSR count). The molecule has 4 nitrogen and oxygen atoms in total. The van der Waals surface area contributed by atoms with Gasteiger partial charge in [0.05, 0.1) is 11.6 Å². The zero-order chi connectivity index (χ0) is 11.5. The van der Waals surface area contributed by atoms with Crippen molar-refractivity contribution in [3.05, 3.63) is 34.8 Å². The number of carbonyl (C=O) groups is 1. The number of aromatic nitrogens is 1. The van der Waals surface area contributed by atoms with Gasteiger partial charge in [0.15, 0.2) is 18.4 Å². The Morgan fingerprint density at radius 1 is 1.50 bits per heavy atom. The molecule has 16 heavy (non-hydrogen) atoms. The molecule has 0 spiro atoms. The van der Waals surface area contributed by atoms with Gasteiger partial charge in [0.1, 0.15) is 11.4 Å².